The molecule has 0 radical (unpaired) electrons. The van der Waals surface area contributed by atoms with E-state index in [1.54, 1.807) is 6.20 Å². The molecule has 1 heterocycles. The van der Waals surface area contributed by atoms with E-state index in [2.05, 4.69) is 10.3 Å². The maximum atomic E-state index is 11.9. The van der Waals surface area contributed by atoms with Crippen molar-refractivity contribution < 1.29 is 9.53 Å². The topological polar surface area (TPSA) is 51.2 Å². The number of ether oxygens (including phenoxy) is 1. The largest absolute Gasteiger partial charge is 0.474 e. The van der Waals surface area contributed by atoms with Crippen LogP contribution in [-0.4, -0.2) is 23.0 Å². The molecule has 1 aromatic rings. The Balaban J connectivity index is 1.41. The molecule has 0 unspecified atom stereocenters. The van der Waals surface area contributed by atoms with Gasteiger partial charge in [-0.3, -0.25) is 4.79 Å². The molecule has 2 fully saturated rings. The van der Waals surface area contributed by atoms with Crippen molar-refractivity contribution in [2.24, 2.45) is 5.92 Å². The van der Waals surface area contributed by atoms with Crippen molar-refractivity contribution in [1.82, 2.24) is 10.3 Å². The Labute approximate surface area is 119 Å². The van der Waals surface area contributed by atoms with E-state index in [1.807, 2.05) is 18.2 Å². The lowest BCUT2D eigenvalue weighted by atomic mass is 9.84. The Kier molecular flexibility index (Phi) is 4.19. The Hall–Kier alpha value is -1.58. The highest BCUT2D eigenvalue weighted by Crippen LogP contribution is 2.28. The lowest BCUT2D eigenvalue weighted by Crippen LogP contribution is -2.43. The van der Waals surface area contributed by atoms with Crippen LogP contribution in [0.25, 0.3) is 0 Å². The van der Waals surface area contributed by atoms with Crippen LogP contribution in [0.2, 0.25) is 0 Å². The van der Waals surface area contributed by atoms with Gasteiger partial charge in [-0.1, -0.05) is 12.5 Å². The molecule has 1 amide bonds. The normalized spacial score (nSPS) is 26.6. The van der Waals surface area contributed by atoms with Crippen LogP contribution in [0.15, 0.2) is 24.4 Å². The van der Waals surface area contributed by atoms with Crippen molar-refractivity contribution >= 4 is 5.91 Å². The van der Waals surface area contributed by atoms with E-state index in [1.165, 1.54) is 6.42 Å². The van der Waals surface area contributed by atoms with Gasteiger partial charge in [0.15, 0.2) is 0 Å². The quantitative estimate of drug-likeness (QED) is 0.918. The van der Waals surface area contributed by atoms with E-state index in [0.29, 0.717) is 11.9 Å². The number of carbonyl (C=O) groups is 1. The second kappa shape index (κ2) is 6.25. The minimum absolute atomic E-state index is 0.238. The van der Waals surface area contributed by atoms with Gasteiger partial charge in [-0.25, -0.2) is 4.98 Å². The van der Waals surface area contributed by atoms with Crippen LogP contribution in [0.4, 0.5) is 0 Å². The summed E-state index contributed by atoms with van der Waals surface area (Å²) in [5, 5.41) is 3.20. The van der Waals surface area contributed by atoms with Crippen LogP contribution in [0.3, 0.4) is 0 Å². The molecular formula is C16H22N2O2. The summed E-state index contributed by atoms with van der Waals surface area (Å²) in [5.41, 5.74) is 0. The Morgan fingerprint density at radius 2 is 1.95 bits per heavy atom. The highest BCUT2D eigenvalue weighted by atomic mass is 16.5. The maximum Gasteiger partial charge on any atom is 0.223 e. The zero-order chi connectivity index (χ0) is 13.8. The number of nitrogens with one attached hydrogen (secondary N) is 1. The van der Waals surface area contributed by atoms with Crippen LogP contribution in [0.5, 0.6) is 5.88 Å². The van der Waals surface area contributed by atoms with Crippen molar-refractivity contribution in [3.63, 3.8) is 0 Å². The van der Waals surface area contributed by atoms with Gasteiger partial charge < -0.3 is 10.1 Å². The van der Waals surface area contributed by atoms with Crippen molar-refractivity contribution in [1.29, 1.82) is 0 Å². The first-order valence-electron chi connectivity index (χ1n) is 7.69. The summed E-state index contributed by atoms with van der Waals surface area (Å²) in [5.74, 6) is 1.26. The molecule has 108 valence electrons. The molecule has 0 aromatic carbocycles. The Morgan fingerprint density at radius 1 is 1.15 bits per heavy atom. The monoisotopic (exact) mass is 274 g/mol. The average Bonchev–Trinajstić information content (AvgIpc) is 2.40. The highest BCUT2D eigenvalue weighted by Gasteiger charge is 2.29. The van der Waals surface area contributed by atoms with Crippen LogP contribution in [0.1, 0.15) is 44.9 Å². The third-order valence-corrected chi connectivity index (χ3v) is 4.42. The minimum Gasteiger partial charge on any atom is -0.474 e. The number of amides is 1. The zero-order valence-corrected chi connectivity index (χ0v) is 11.8. The molecule has 2 aliphatic rings. The smallest absolute Gasteiger partial charge is 0.223 e. The van der Waals surface area contributed by atoms with Gasteiger partial charge >= 0.3 is 0 Å². The number of aromatic nitrogens is 1. The first-order chi connectivity index (χ1) is 9.81. The number of nitrogens with zero attached hydrogens (tertiary/aromatic N) is 1. The molecule has 0 aliphatic heterocycles. The molecule has 1 aromatic heterocycles. The fraction of sp³-hybridized carbons (Fsp3) is 0.625. The van der Waals surface area contributed by atoms with Gasteiger partial charge in [0.25, 0.3) is 0 Å². The summed E-state index contributed by atoms with van der Waals surface area (Å²) in [6, 6.07) is 6.06. The summed E-state index contributed by atoms with van der Waals surface area (Å²) < 4.78 is 5.86. The Bertz CT molecular complexity index is 437. The zero-order valence-electron chi connectivity index (χ0n) is 11.8. The van der Waals surface area contributed by atoms with Crippen LogP contribution in [-0.2, 0) is 4.79 Å². The minimum atomic E-state index is 0.238. The summed E-state index contributed by atoms with van der Waals surface area (Å²) in [4.78, 5) is 16.1. The van der Waals surface area contributed by atoms with E-state index in [0.717, 1.165) is 38.5 Å². The molecule has 1 N–H and O–H groups in total. The van der Waals surface area contributed by atoms with Crippen molar-refractivity contribution in [2.75, 3.05) is 0 Å². The maximum absolute atomic E-state index is 11.9. The first kappa shape index (κ1) is 13.4. The SMILES string of the molecule is O=C(NC1CCC(Oc2ccccn2)CC1)C1CCC1. The highest BCUT2D eigenvalue weighted by molar-refractivity contribution is 5.79. The summed E-state index contributed by atoms with van der Waals surface area (Å²) >= 11 is 0. The summed E-state index contributed by atoms with van der Waals surface area (Å²) in [6.45, 7) is 0. The molecule has 0 saturated heterocycles. The van der Waals surface area contributed by atoms with Gasteiger partial charge in [0.2, 0.25) is 11.8 Å². The van der Waals surface area contributed by atoms with Gasteiger partial charge in [0.05, 0.1) is 0 Å². The average molecular weight is 274 g/mol. The van der Waals surface area contributed by atoms with E-state index >= 15 is 0 Å². The van der Waals surface area contributed by atoms with Crippen LogP contribution < -0.4 is 10.1 Å². The van der Waals surface area contributed by atoms with Crippen molar-refractivity contribution in [2.45, 2.75) is 57.1 Å². The Morgan fingerprint density at radius 3 is 2.55 bits per heavy atom. The third-order valence-electron chi connectivity index (χ3n) is 4.42. The van der Waals surface area contributed by atoms with Gasteiger partial charge in [0, 0.05) is 24.2 Å². The molecular weight excluding hydrogens is 252 g/mol. The standard InChI is InChI=1S/C16H22N2O2/c19-16(12-4-3-5-12)18-13-7-9-14(10-8-13)20-15-6-1-2-11-17-15/h1-2,6,11-14H,3-5,7-10H2,(H,18,19). The number of carbonyl (C=O) groups excluding carboxylic acids is 1. The molecule has 20 heavy (non-hydrogen) atoms. The number of pyridine rings is 1. The van der Waals surface area contributed by atoms with E-state index in [4.69, 9.17) is 4.74 Å². The van der Waals surface area contributed by atoms with Crippen LogP contribution >= 0.6 is 0 Å². The molecule has 0 bridgehead atoms. The molecule has 4 heteroatoms. The molecule has 0 spiro atoms. The lowest BCUT2D eigenvalue weighted by molar-refractivity contribution is -0.128. The fourth-order valence-corrected chi connectivity index (χ4v) is 2.90. The predicted molar refractivity (Wildman–Crippen MR) is 76.4 cm³/mol. The molecule has 2 aliphatic carbocycles. The summed E-state index contributed by atoms with van der Waals surface area (Å²) in [6.07, 6.45) is 9.35. The fourth-order valence-electron chi connectivity index (χ4n) is 2.90. The second-order valence-electron chi connectivity index (χ2n) is 5.90. The summed E-state index contributed by atoms with van der Waals surface area (Å²) in [7, 11) is 0. The third kappa shape index (κ3) is 3.30. The molecule has 2 saturated carbocycles. The molecule has 3 rings (SSSR count). The first-order valence-corrected chi connectivity index (χ1v) is 7.69. The predicted octanol–water partition coefficient (Wildman–Crippen LogP) is 2.69. The van der Waals surface area contributed by atoms with Gasteiger partial charge in [-0.05, 0) is 44.6 Å². The van der Waals surface area contributed by atoms with Crippen molar-refractivity contribution in [3.05, 3.63) is 24.4 Å². The van der Waals surface area contributed by atoms with E-state index < -0.39 is 0 Å². The molecule has 4 nitrogen and oxygen atoms in total. The number of hydrogen-bond donors (Lipinski definition) is 1. The number of hydrogen-bond acceptors (Lipinski definition) is 3. The van der Waals surface area contributed by atoms with Gasteiger partial charge in [-0.15, -0.1) is 0 Å². The van der Waals surface area contributed by atoms with E-state index in [9.17, 15) is 4.79 Å². The van der Waals surface area contributed by atoms with Crippen LogP contribution in [0, 0.1) is 5.92 Å². The second-order valence-corrected chi connectivity index (χ2v) is 5.90. The molecule has 0 atom stereocenters. The van der Waals surface area contributed by atoms with Gasteiger partial charge in [-0.2, -0.15) is 0 Å². The lowest BCUT2D eigenvalue weighted by Gasteiger charge is -2.32. The number of rotatable bonds is 4. The van der Waals surface area contributed by atoms with E-state index in [-0.39, 0.29) is 17.9 Å². The van der Waals surface area contributed by atoms with Crippen molar-refractivity contribution in [3.8, 4) is 5.88 Å². The van der Waals surface area contributed by atoms with Gasteiger partial charge in [0.1, 0.15) is 6.10 Å².